The van der Waals surface area contributed by atoms with E-state index in [-0.39, 0.29) is 23.7 Å². The maximum Gasteiger partial charge on any atom is 0.225 e. The topological polar surface area (TPSA) is 55.1 Å². The summed E-state index contributed by atoms with van der Waals surface area (Å²) in [7, 11) is 0. The second-order valence-electron chi connectivity index (χ2n) is 5.07. The first-order valence-corrected chi connectivity index (χ1v) is 6.90. The summed E-state index contributed by atoms with van der Waals surface area (Å²) in [6, 6.07) is 15.2. The number of hydrogen-bond donors (Lipinski definition) is 2. The lowest BCUT2D eigenvalue weighted by molar-refractivity contribution is -0.125. The van der Waals surface area contributed by atoms with Gasteiger partial charge in [0.2, 0.25) is 5.91 Å². The molecule has 0 aliphatic heterocycles. The molecule has 3 nitrogen and oxygen atoms in total. The lowest BCUT2D eigenvalue weighted by Crippen LogP contribution is -2.35. The van der Waals surface area contributed by atoms with E-state index in [0.717, 1.165) is 11.1 Å². The number of rotatable bonds is 5. The van der Waals surface area contributed by atoms with E-state index in [4.69, 9.17) is 5.73 Å². The fraction of sp³-hybridized carbons (Fsp3) is 0.235. The summed E-state index contributed by atoms with van der Waals surface area (Å²) >= 11 is 0. The van der Waals surface area contributed by atoms with E-state index >= 15 is 0 Å². The first-order chi connectivity index (χ1) is 10.1. The molecule has 0 saturated heterocycles. The molecule has 21 heavy (non-hydrogen) atoms. The van der Waals surface area contributed by atoms with Crippen molar-refractivity contribution in [1.82, 2.24) is 5.32 Å². The number of amides is 1. The van der Waals surface area contributed by atoms with Gasteiger partial charge in [-0.15, -0.1) is 0 Å². The van der Waals surface area contributed by atoms with Gasteiger partial charge in [0.25, 0.3) is 0 Å². The van der Waals surface area contributed by atoms with Gasteiger partial charge in [-0.25, -0.2) is 4.39 Å². The van der Waals surface area contributed by atoms with Crippen LogP contribution in [-0.2, 0) is 11.3 Å². The molecule has 4 heteroatoms. The molecule has 1 amide bonds. The molecule has 0 aliphatic rings. The monoisotopic (exact) mass is 286 g/mol. The van der Waals surface area contributed by atoms with Gasteiger partial charge in [0.05, 0.1) is 5.92 Å². The average Bonchev–Trinajstić information content (AvgIpc) is 2.53. The SMILES string of the molecule is CC(C(=O)NCc1ccc(F)cc1)C(N)c1ccccc1. The van der Waals surface area contributed by atoms with Crippen LogP contribution in [-0.4, -0.2) is 5.91 Å². The van der Waals surface area contributed by atoms with Gasteiger partial charge >= 0.3 is 0 Å². The van der Waals surface area contributed by atoms with Crippen LogP contribution in [0.15, 0.2) is 54.6 Å². The molecule has 2 aromatic rings. The summed E-state index contributed by atoms with van der Waals surface area (Å²) in [5.74, 6) is -0.743. The Hall–Kier alpha value is -2.20. The second-order valence-corrected chi connectivity index (χ2v) is 5.07. The van der Waals surface area contributed by atoms with Crippen LogP contribution in [0.2, 0.25) is 0 Å². The van der Waals surface area contributed by atoms with Crippen molar-refractivity contribution in [3.05, 3.63) is 71.5 Å². The first kappa shape index (κ1) is 15.2. The van der Waals surface area contributed by atoms with Crippen LogP contribution < -0.4 is 11.1 Å². The van der Waals surface area contributed by atoms with Crippen LogP contribution in [0.25, 0.3) is 0 Å². The molecule has 2 atom stereocenters. The fourth-order valence-corrected chi connectivity index (χ4v) is 2.08. The highest BCUT2D eigenvalue weighted by Gasteiger charge is 2.21. The molecule has 2 aromatic carbocycles. The maximum atomic E-state index is 12.8. The predicted octanol–water partition coefficient (Wildman–Crippen LogP) is 2.78. The summed E-state index contributed by atoms with van der Waals surface area (Å²) < 4.78 is 12.8. The molecule has 0 fully saturated rings. The number of carbonyl (C=O) groups excluding carboxylic acids is 1. The minimum atomic E-state index is -0.348. The quantitative estimate of drug-likeness (QED) is 0.888. The third kappa shape index (κ3) is 4.13. The van der Waals surface area contributed by atoms with E-state index in [1.54, 1.807) is 19.1 Å². The van der Waals surface area contributed by atoms with Crippen LogP contribution in [0.5, 0.6) is 0 Å². The zero-order valence-corrected chi connectivity index (χ0v) is 11.9. The lowest BCUT2D eigenvalue weighted by atomic mass is 9.94. The van der Waals surface area contributed by atoms with Gasteiger partial charge in [-0.3, -0.25) is 4.79 Å². The van der Waals surface area contributed by atoms with Gasteiger partial charge in [0.15, 0.2) is 0 Å². The highest BCUT2D eigenvalue weighted by atomic mass is 19.1. The Morgan fingerprint density at radius 3 is 2.38 bits per heavy atom. The van der Waals surface area contributed by atoms with Crippen molar-refractivity contribution in [2.75, 3.05) is 0 Å². The van der Waals surface area contributed by atoms with Crippen LogP contribution >= 0.6 is 0 Å². The molecule has 3 N–H and O–H groups in total. The third-order valence-electron chi connectivity index (χ3n) is 3.52. The predicted molar refractivity (Wildman–Crippen MR) is 80.8 cm³/mol. The molecule has 2 rings (SSSR count). The van der Waals surface area contributed by atoms with Crippen molar-refractivity contribution >= 4 is 5.91 Å². The normalized spacial score (nSPS) is 13.5. The molecule has 0 aliphatic carbocycles. The highest BCUT2D eigenvalue weighted by Crippen LogP contribution is 2.19. The van der Waals surface area contributed by atoms with E-state index in [1.807, 2.05) is 30.3 Å². The lowest BCUT2D eigenvalue weighted by Gasteiger charge is -2.19. The summed E-state index contributed by atoms with van der Waals surface area (Å²) in [5, 5.41) is 2.83. The van der Waals surface area contributed by atoms with Gasteiger partial charge in [0.1, 0.15) is 5.82 Å². The van der Waals surface area contributed by atoms with E-state index in [9.17, 15) is 9.18 Å². The largest absolute Gasteiger partial charge is 0.352 e. The standard InChI is InChI=1S/C17H19FN2O/c1-12(16(19)14-5-3-2-4-6-14)17(21)20-11-13-7-9-15(18)10-8-13/h2-10,12,16H,11,19H2,1H3,(H,20,21). The molecule has 0 aromatic heterocycles. The van der Waals surface area contributed by atoms with E-state index in [2.05, 4.69) is 5.32 Å². The highest BCUT2D eigenvalue weighted by molar-refractivity contribution is 5.79. The average molecular weight is 286 g/mol. The number of nitrogens with two attached hydrogens (primary N) is 1. The third-order valence-corrected chi connectivity index (χ3v) is 3.52. The molecule has 0 saturated carbocycles. The molecule has 0 heterocycles. The van der Waals surface area contributed by atoms with Crippen molar-refractivity contribution in [1.29, 1.82) is 0 Å². The first-order valence-electron chi connectivity index (χ1n) is 6.90. The summed E-state index contributed by atoms with van der Waals surface area (Å²) in [4.78, 5) is 12.1. The van der Waals surface area contributed by atoms with E-state index in [1.165, 1.54) is 12.1 Å². The number of halogens is 1. The summed E-state index contributed by atoms with van der Waals surface area (Å²) in [6.45, 7) is 2.17. The van der Waals surface area contributed by atoms with Gasteiger partial charge in [-0.1, -0.05) is 49.4 Å². The Balaban J connectivity index is 1.92. The fourth-order valence-electron chi connectivity index (χ4n) is 2.08. The summed E-state index contributed by atoms with van der Waals surface area (Å²) in [5.41, 5.74) is 7.90. The van der Waals surface area contributed by atoms with Crippen molar-refractivity contribution in [2.45, 2.75) is 19.5 Å². The zero-order valence-electron chi connectivity index (χ0n) is 11.9. The molecule has 0 bridgehead atoms. The minimum absolute atomic E-state index is 0.115. The van der Waals surface area contributed by atoms with Crippen molar-refractivity contribution < 1.29 is 9.18 Å². The van der Waals surface area contributed by atoms with Gasteiger partial charge in [0, 0.05) is 12.6 Å². The van der Waals surface area contributed by atoms with Crippen LogP contribution in [0.4, 0.5) is 4.39 Å². The van der Waals surface area contributed by atoms with Gasteiger partial charge in [-0.2, -0.15) is 0 Å². The summed E-state index contributed by atoms with van der Waals surface area (Å²) in [6.07, 6.45) is 0. The number of benzene rings is 2. The van der Waals surface area contributed by atoms with Crippen molar-refractivity contribution in [3.8, 4) is 0 Å². The molecule has 110 valence electrons. The molecular formula is C17H19FN2O. The van der Waals surface area contributed by atoms with Crippen LogP contribution in [0.1, 0.15) is 24.1 Å². The number of hydrogen-bond acceptors (Lipinski definition) is 2. The smallest absolute Gasteiger partial charge is 0.225 e. The van der Waals surface area contributed by atoms with Crippen molar-refractivity contribution in [3.63, 3.8) is 0 Å². The molecular weight excluding hydrogens is 267 g/mol. The molecule has 0 radical (unpaired) electrons. The minimum Gasteiger partial charge on any atom is -0.352 e. The zero-order chi connectivity index (χ0) is 15.2. The molecule has 0 spiro atoms. The second kappa shape index (κ2) is 6.99. The Morgan fingerprint density at radius 2 is 1.76 bits per heavy atom. The van der Waals surface area contributed by atoms with Gasteiger partial charge < -0.3 is 11.1 Å². The molecule has 2 unspecified atom stereocenters. The number of carbonyl (C=O) groups is 1. The van der Waals surface area contributed by atoms with Crippen LogP contribution in [0.3, 0.4) is 0 Å². The Morgan fingerprint density at radius 1 is 1.14 bits per heavy atom. The van der Waals surface area contributed by atoms with Gasteiger partial charge in [-0.05, 0) is 23.3 Å². The Labute approximate surface area is 124 Å². The Kier molecular flexibility index (Phi) is 5.06. The van der Waals surface area contributed by atoms with E-state index in [0.29, 0.717) is 6.54 Å². The maximum absolute atomic E-state index is 12.8. The van der Waals surface area contributed by atoms with E-state index < -0.39 is 0 Å². The Bertz CT molecular complexity index is 583. The van der Waals surface area contributed by atoms with Crippen LogP contribution in [0, 0.1) is 11.7 Å². The number of nitrogens with one attached hydrogen (secondary N) is 1. The van der Waals surface area contributed by atoms with Crippen molar-refractivity contribution in [2.24, 2.45) is 11.7 Å².